The molecule has 0 aliphatic rings. The molecule has 170 valence electrons. The molecule has 0 heterocycles. The highest BCUT2D eigenvalue weighted by Crippen LogP contribution is 2.32. The average molecular weight is 447 g/mol. The van der Waals surface area contributed by atoms with Crippen molar-refractivity contribution in [3.05, 3.63) is 58.1 Å². The number of benzene rings is 2. The Labute approximate surface area is 186 Å². The molecule has 0 spiro atoms. The minimum Gasteiger partial charge on any atom is -0.496 e. The standard InChI is InChI=1S/C24H34N2O4S/c1-15(2)21-13-22(18(5)12-23(21)30-7)19(6)25-24(27)14-26(31(8,28)29)20-10-9-16(3)17(4)11-20/h9-13,15,19H,14H2,1-8H3,(H,25,27)/t19-/m0/s1. The van der Waals surface area contributed by atoms with Gasteiger partial charge in [-0.05, 0) is 85.7 Å². The summed E-state index contributed by atoms with van der Waals surface area (Å²) >= 11 is 0. The maximum absolute atomic E-state index is 12.8. The van der Waals surface area contributed by atoms with Crippen molar-refractivity contribution in [1.29, 1.82) is 0 Å². The number of anilines is 1. The predicted molar refractivity (Wildman–Crippen MR) is 126 cm³/mol. The number of amides is 1. The molecule has 1 atom stereocenters. The molecule has 2 rings (SSSR count). The summed E-state index contributed by atoms with van der Waals surface area (Å²) in [5.41, 5.74) is 5.56. The second-order valence-corrected chi connectivity index (χ2v) is 10.3. The molecule has 0 aliphatic heterocycles. The molecule has 0 aromatic heterocycles. The van der Waals surface area contributed by atoms with Crippen LogP contribution in [-0.2, 0) is 14.8 Å². The molecule has 0 bridgehead atoms. The maximum Gasteiger partial charge on any atom is 0.241 e. The average Bonchev–Trinajstić information content (AvgIpc) is 2.66. The molecule has 0 aliphatic carbocycles. The van der Waals surface area contributed by atoms with E-state index in [0.717, 1.165) is 44.1 Å². The number of carbonyl (C=O) groups is 1. The summed E-state index contributed by atoms with van der Waals surface area (Å²) in [7, 11) is -1.97. The zero-order valence-electron chi connectivity index (χ0n) is 19.7. The Balaban J connectivity index is 2.27. The summed E-state index contributed by atoms with van der Waals surface area (Å²) in [4.78, 5) is 12.8. The molecule has 0 unspecified atom stereocenters. The van der Waals surface area contributed by atoms with E-state index in [1.165, 1.54) is 0 Å². The normalized spacial score (nSPS) is 12.5. The molecule has 0 saturated carbocycles. The third kappa shape index (κ3) is 6.00. The molecule has 0 fully saturated rings. The molecule has 2 aromatic carbocycles. The van der Waals surface area contributed by atoms with Gasteiger partial charge in [-0.3, -0.25) is 9.10 Å². The second kappa shape index (κ2) is 9.73. The Bertz CT molecular complexity index is 1060. The lowest BCUT2D eigenvalue weighted by atomic mass is 9.93. The van der Waals surface area contributed by atoms with Gasteiger partial charge in [0.05, 0.1) is 25.1 Å². The van der Waals surface area contributed by atoms with Crippen molar-refractivity contribution in [2.24, 2.45) is 0 Å². The lowest BCUT2D eigenvalue weighted by Gasteiger charge is -2.25. The molecule has 31 heavy (non-hydrogen) atoms. The van der Waals surface area contributed by atoms with E-state index in [2.05, 4.69) is 25.2 Å². The number of nitrogens with one attached hydrogen (secondary N) is 1. The zero-order chi connectivity index (χ0) is 23.5. The Morgan fingerprint density at radius 2 is 1.65 bits per heavy atom. The van der Waals surface area contributed by atoms with Crippen LogP contribution in [0.25, 0.3) is 0 Å². The van der Waals surface area contributed by atoms with Crippen molar-refractivity contribution < 1.29 is 17.9 Å². The SMILES string of the molecule is COc1cc(C)c([C@H](C)NC(=O)CN(c2ccc(C)c(C)c2)S(C)(=O)=O)cc1C(C)C. The first-order valence-electron chi connectivity index (χ1n) is 10.4. The van der Waals surface area contributed by atoms with Crippen LogP contribution in [0.15, 0.2) is 30.3 Å². The minimum absolute atomic E-state index is 0.266. The largest absolute Gasteiger partial charge is 0.496 e. The van der Waals surface area contributed by atoms with Gasteiger partial charge in [0.15, 0.2) is 0 Å². The van der Waals surface area contributed by atoms with Gasteiger partial charge in [-0.25, -0.2) is 8.42 Å². The van der Waals surface area contributed by atoms with Gasteiger partial charge < -0.3 is 10.1 Å². The number of methoxy groups -OCH3 is 1. The van der Waals surface area contributed by atoms with Crippen LogP contribution in [0.4, 0.5) is 5.69 Å². The van der Waals surface area contributed by atoms with Crippen LogP contribution in [0.5, 0.6) is 5.75 Å². The highest BCUT2D eigenvalue weighted by Gasteiger charge is 2.23. The van der Waals surface area contributed by atoms with E-state index in [-0.39, 0.29) is 24.4 Å². The number of sulfonamides is 1. The molecule has 1 N–H and O–H groups in total. The molecular weight excluding hydrogens is 412 g/mol. The number of ether oxygens (including phenoxy) is 1. The number of aryl methyl sites for hydroxylation is 3. The topological polar surface area (TPSA) is 75.7 Å². The lowest BCUT2D eigenvalue weighted by molar-refractivity contribution is -0.120. The molecule has 6 nitrogen and oxygen atoms in total. The van der Waals surface area contributed by atoms with Crippen molar-refractivity contribution in [1.82, 2.24) is 5.32 Å². The van der Waals surface area contributed by atoms with Gasteiger partial charge in [0.2, 0.25) is 15.9 Å². The van der Waals surface area contributed by atoms with E-state index in [9.17, 15) is 13.2 Å². The molecule has 0 radical (unpaired) electrons. The fourth-order valence-corrected chi connectivity index (χ4v) is 4.43. The van der Waals surface area contributed by atoms with Gasteiger partial charge in [-0.1, -0.05) is 19.9 Å². The molecule has 2 aromatic rings. The van der Waals surface area contributed by atoms with Gasteiger partial charge in [0.1, 0.15) is 12.3 Å². The molecule has 7 heteroatoms. The van der Waals surface area contributed by atoms with Crippen LogP contribution >= 0.6 is 0 Å². The quantitative estimate of drug-likeness (QED) is 0.653. The number of nitrogens with zero attached hydrogens (tertiary/aromatic N) is 1. The maximum atomic E-state index is 12.8. The predicted octanol–water partition coefficient (Wildman–Crippen LogP) is 4.39. The first-order valence-corrected chi connectivity index (χ1v) is 12.2. The Morgan fingerprint density at radius 1 is 1.00 bits per heavy atom. The zero-order valence-corrected chi connectivity index (χ0v) is 20.6. The van der Waals surface area contributed by atoms with Crippen molar-refractivity contribution in [2.45, 2.75) is 53.5 Å². The summed E-state index contributed by atoms with van der Waals surface area (Å²) in [6.07, 6.45) is 1.11. The summed E-state index contributed by atoms with van der Waals surface area (Å²) in [6.45, 7) is 11.7. The second-order valence-electron chi connectivity index (χ2n) is 8.43. The number of rotatable bonds is 8. The fourth-order valence-electron chi connectivity index (χ4n) is 3.59. The summed E-state index contributed by atoms with van der Waals surface area (Å²) in [5, 5.41) is 2.95. The van der Waals surface area contributed by atoms with E-state index < -0.39 is 10.0 Å². The third-order valence-electron chi connectivity index (χ3n) is 5.55. The minimum atomic E-state index is -3.62. The molecule has 1 amide bonds. The van der Waals surface area contributed by atoms with Crippen LogP contribution in [0.2, 0.25) is 0 Å². The first kappa shape index (κ1) is 24.7. The lowest BCUT2D eigenvalue weighted by Crippen LogP contribution is -2.41. The Kier molecular flexibility index (Phi) is 7.76. The summed E-state index contributed by atoms with van der Waals surface area (Å²) in [5.74, 6) is 0.730. The summed E-state index contributed by atoms with van der Waals surface area (Å²) in [6, 6.07) is 9.12. The van der Waals surface area contributed by atoms with E-state index >= 15 is 0 Å². The first-order chi connectivity index (χ1) is 14.3. The van der Waals surface area contributed by atoms with Crippen molar-refractivity contribution >= 4 is 21.6 Å². The van der Waals surface area contributed by atoms with Gasteiger partial charge in [-0.15, -0.1) is 0 Å². The summed E-state index contributed by atoms with van der Waals surface area (Å²) < 4.78 is 31.4. The number of carbonyl (C=O) groups excluding carboxylic acids is 1. The van der Waals surface area contributed by atoms with Crippen LogP contribution in [0.3, 0.4) is 0 Å². The highest BCUT2D eigenvalue weighted by atomic mass is 32.2. The van der Waals surface area contributed by atoms with E-state index in [0.29, 0.717) is 5.69 Å². The van der Waals surface area contributed by atoms with Crippen molar-refractivity contribution in [3.63, 3.8) is 0 Å². The number of hydrogen-bond donors (Lipinski definition) is 1. The Morgan fingerprint density at radius 3 is 2.16 bits per heavy atom. The fraction of sp³-hybridized carbons (Fsp3) is 0.458. The Hall–Kier alpha value is -2.54. The number of hydrogen-bond acceptors (Lipinski definition) is 4. The van der Waals surface area contributed by atoms with Crippen LogP contribution in [0.1, 0.15) is 60.5 Å². The smallest absolute Gasteiger partial charge is 0.241 e. The molecular formula is C24H34N2O4S. The van der Waals surface area contributed by atoms with Crippen molar-refractivity contribution in [3.8, 4) is 5.75 Å². The monoisotopic (exact) mass is 446 g/mol. The van der Waals surface area contributed by atoms with Gasteiger partial charge >= 0.3 is 0 Å². The van der Waals surface area contributed by atoms with Gasteiger partial charge in [0, 0.05) is 0 Å². The molecule has 0 saturated heterocycles. The van der Waals surface area contributed by atoms with E-state index in [4.69, 9.17) is 4.74 Å². The van der Waals surface area contributed by atoms with Gasteiger partial charge in [-0.2, -0.15) is 0 Å². The van der Waals surface area contributed by atoms with Crippen LogP contribution < -0.4 is 14.4 Å². The third-order valence-corrected chi connectivity index (χ3v) is 6.69. The van der Waals surface area contributed by atoms with E-state index in [1.807, 2.05) is 39.8 Å². The van der Waals surface area contributed by atoms with Crippen molar-refractivity contribution in [2.75, 3.05) is 24.2 Å². The van der Waals surface area contributed by atoms with Crippen LogP contribution in [0, 0.1) is 20.8 Å². The highest BCUT2D eigenvalue weighted by molar-refractivity contribution is 7.92. The van der Waals surface area contributed by atoms with Gasteiger partial charge in [0.25, 0.3) is 0 Å². The van der Waals surface area contributed by atoms with Crippen LogP contribution in [-0.4, -0.2) is 34.2 Å². The van der Waals surface area contributed by atoms with E-state index in [1.54, 1.807) is 19.2 Å².